The maximum absolute atomic E-state index is 12.1. The van der Waals surface area contributed by atoms with Gasteiger partial charge in [-0.25, -0.2) is 0 Å². The summed E-state index contributed by atoms with van der Waals surface area (Å²) in [7, 11) is 0. The quantitative estimate of drug-likeness (QED) is 0.668. The van der Waals surface area contributed by atoms with Gasteiger partial charge in [0.1, 0.15) is 0 Å². The van der Waals surface area contributed by atoms with Gasteiger partial charge in [0.2, 0.25) is 5.91 Å². The van der Waals surface area contributed by atoms with Gasteiger partial charge in [-0.2, -0.15) is 5.10 Å². The highest BCUT2D eigenvalue weighted by Crippen LogP contribution is 2.23. The molecule has 3 rings (SSSR count). The van der Waals surface area contributed by atoms with Crippen LogP contribution in [0.2, 0.25) is 5.02 Å². The van der Waals surface area contributed by atoms with E-state index in [9.17, 15) is 4.79 Å². The molecule has 0 radical (unpaired) electrons. The van der Waals surface area contributed by atoms with Gasteiger partial charge in [0, 0.05) is 10.6 Å². The van der Waals surface area contributed by atoms with Crippen LogP contribution in [0, 0.1) is 6.92 Å². The zero-order chi connectivity index (χ0) is 16.9. The normalized spacial score (nSPS) is 19.2. The van der Waals surface area contributed by atoms with Gasteiger partial charge in [-0.1, -0.05) is 71.4 Å². The Morgan fingerprint density at radius 3 is 2.71 bits per heavy atom. The Morgan fingerprint density at radius 1 is 1.21 bits per heavy atom. The highest BCUT2D eigenvalue weighted by molar-refractivity contribution is 8.15. The van der Waals surface area contributed by atoms with Crippen LogP contribution in [0.1, 0.15) is 16.7 Å². The van der Waals surface area contributed by atoms with Crippen LogP contribution in [0.25, 0.3) is 0 Å². The van der Waals surface area contributed by atoms with Crippen molar-refractivity contribution in [1.82, 2.24) is 5.32 Å². The minimum absolute atomic E-state index is 0.0349. The maximum atomic E-state index is 12.1. The monoisotopic (exact) mass is 357 g/mol. The van der Waals surface area contributed by atoms with Crippen molar-refractivity contribution in [2.24, 2.45) is 10.2 Å². The fraction of sp³-hybridized carbons (Fsp3) is 0.167. The van der Waals surface area contributed by atoms with Crippen LogP contribution in [0.15, 0.2) is 58.7 Å². The van der Waals surface area contributed by atoms with Crippen LogP contribution in [0.3, 0.4) is 0 Å². The van der Waals surface area contributed by atoms with E-state index in [1.165, 1.54) is 17.3 Å². The topological polar surface area (TPSA) is 53.8 Å². The largest absolute Gasteiger partial charge is 0.303 e. The molecule has 2 aromatic carbocycles. The first-order valence-electron chi connectivity index (χ1n) is 7.50. The lowest BCUT2D eigenvalue weighted by Crippen LogP contribution is -2.25. The minimum atomic E-state index is -0.179. The highest BCUT2D eigenvalue weighted by Gasteiger charge is 2.30. The molecule has 6 heteroatoms. The molecule has 4 nitrogen and oxygen atoms in total. The predicted octanol–water partition coefficient (Wildman–Crippen LogP) is 3.81. The standard InChI is InChI=1S/C18H16ClN3OS/c1-12-6-8-13(9-7-12)10-16-17(23)21-18(24-16)22-20-11-14-4-2-3-5-15(14)19/h2-9,11,16H,10H2,1H3,(H,21,22,23)/b20-11-/t16-/m1/s1. The molecule has 1 aliphatic heterocycles. The zero-order valence-electron chi connectivity index (χ0n) is 13.1. The number of halogens is 1. The number of nitrogens with one attached hydrogen (secondary N) is 1. The first-order chi connectivity index (χ1) is 11.6. The lowest BCUT2D eigenvalue weighted by molar-refractivity contribution is -0.118. The molecule has 1 atom stereocenters. The van der Waals surface area contributed by atoms with Crippen molar-refractivity contribution in [2.75, 3.05) is 0 Å². The number of amides is 1. The molecule has 1 saturated heterocycles. The molecular formula is C18H16ClN3OS. The SMILES string of the molecule is Cc1ccc(C[C@H]2S/C(=N/N=C\c3ccccc3Cl)NC2=O)cc1. The second-order valence-corrected chi connectivity index (χ2v) is 7.06. The molecule has 0 bridgehead atoms. The average molecular weight is 358 g/mol. The molecule has 2 aromatic rings. The van der Waals surface area contributed by atoms with Gasteiger partial charge in [-0.15, -0.1) is 5.10 Å². The summed E-state index contributed by atoms with van der Waals surface area (Å²) in [6.45, 7) is 2.04. The third-order valence-electron chi connectivity index (χ3n) is 3.57. The molecule has 0 unspecified atom stereocenters. The van der Waals surface area contributed by atoms with E-state index in [-0.39, 0.29) is 11.2 Å². The van der Waals surface area contributed by atoms with Crippen LogP contribution in [0.5, 0.6) is 0 Å². The van der Waals surface area contributed by atoms with Crippen molar-refractivity contribution in [1.29, 1.82) is 0 Å². The number of benzene rings is 2. The highest BCUT2D eigenvalue weighted by atomic mass is 35.5. The summed E-state index contributed by atoms with van der Waals surface area (Å²) >= 11 is 7.45. The Labute approximate surface area is 150 Å². The van der Waals surface area contributed by atoms with E-state index in [2.05, 4.69) is 27.7 Å². The molecule has 1 fully saturated rings. The summed E-state index contributed by atoms with van der Waals surface area (Å²) in [6.07, 6.45) is 2.25. The smallest absolute Gasteiger partial charge is 0.239 e. The van der Waals surface area contributed by atoms with Crippen LogP contribution >= 0.6 is 23.4 Å². The first-order valence-corrected chi connectivity index (χ1v) is 8.76. The summed E-state index contributed by atoms with van der Waals surface area (Å²) in [5.41, 5.74) is 3.13. The van der Waals surface area contributed by atoms with Crippen molar-refractivity contribution in [3.8, 4) is 0 Å². The number of carbonyl (C=O) groups is 1. The lowest BCUT2D eigenvalue weighted by atomic mass is 10.1. The van der Waals surface area contributed by atoms with E-state index in [0.717, 1.165) is 11.1 Å². The zero-order valence-corrected chi connectivity index (χ0v) is 14.6. The molecule has 0 spiro atoms. The Kier molecular flexibility index (Phi) is 5.33. The summed E-state index contributed by atoms with van der Waals surface area (Å²) in [4.78, 5) is 12.1. The minimum Gasteiger partial charge on any atom is -0.303 e. The van der Waals surface area contributed by atoms with E-state index in [0.29, 0.717) is 16.6 Å². The van der Waals surface area contributed by atoms with Crippen molar-refractivity contribution in [2.45, 2.75) is 18.6 Å². The average Bonchev–Trinajstić information content (AvgIpc) is 2.91. The second-order valence-electron chi connectivity index (χ2n) is 5.46. The molecule has 1 N–H and O–H groups in total. The molecule has 0 aliphatic carbocycles. The summed E-state index contributed by atoms with van der Waals surface area (Å²) in [6, 6.07) is 15.6. The van der Waals surface area contributed by atoms with Gasteiger partial charge in [-0.05, 0) is 25.0 Å². The molecule has 0 aromatic heterocycles. The third-order valence-corrected chi connectivity index (χ3v) is 4.99. The first kappa shape index (κ1) is 16.7. The third kappa shape index (κ3) is 4.24. The molecule has 1 amide bonds. The van der Waals surface area contributed by atoms with Crippen LogP contribution in [-0.4, -0.2) is 22.5 Å². The van der Waals surface area contributed by atoms with E-state index in [1.807, 2.05) is 37.3 Å². The van der Waals surface area contributed by atoms with E-state index in [1.54, 1.807) is 12.3 Å². The summed E-state index contributed by atoms with van der Waals surface area (Å²) in [5.74, 6) is -0.0349. The summed E-state index contributed by atoms with van der Waals surface area (Å²) in [5, 5.41) is 11.8. The van der Waals surface area contributed by atoms with E-state index >= 15 is 0 Å². The van der Waals surface area contributed by atoms with Crippen molar-refractivity contribution < 1.29 is 4.79 Å². The van der Waals surface area contributed by atoms with Crippen LogP contribution in [-0.2, 0) is 11.2 Å². The van der Waals surface area contributed by atoms with Gasteiger partial charge in [0.05, 0.1) is 11.5 Å². The van der Waals surface area contributed by atoms with E-state index < -0.39 is 0 Å². The van der Waals surface area contributed by atoms with Crippen molar-refractivity contribution in [3.05, 3.63) is 70.2 Å². The Bertz CT molecular complexity index is 802. The number of hydrogen-bond donors (Lipinski definition) is 1. The Balaban J connectivity index is 1.63. The van der Waals surface area contributed by atoms with Crippen LogP contribution in [0.4, 0.5) is 0 Å². The van der Waals surface area contributed by atoms with Gasteiger partial charge >= 0.3 is 0 Å². The number of hydrogen-bond acceptors (Lipinski definition) is 4. The fourth-order valence-corrected chi connectivity index (χ4v) is 3.40. The lowest BCUT2D eigenvalue weighted by Gasteiger charge is -2.05. The number of nitrogens with zero attached hydrogens (tertiary/aromatic N) is 2. The number of aryl methyl sites for hydroxylation is 1. The van der Waals surface area contributed by atoms with Gasteiger partial charge in [-0.3, -0.25) is 4.79 Å². The van der Waals surface area contributed by atoms with Crippen molar-refractivity contribution >= 4 is 40.7 Å². The van der Waals surface area contributed by atoms with Gasteiger partial charge in [0.25, 0.3) is 0 Å². The number of rotatable bonds is 4. The Morgan fingerprint density at radius 2 is 1.96 bits per heavy atom. The fourth-order valence-electron chi connectivity index (χ4n) is 2.25. The molecule has 1 heterocycles. The van der Waals surface area contributed by atoms with Crippen LogP contribution < -0.4 is 5.32 Å². The van der Waals surface area contributed by atoms with Gasteiger partial charge < -0.3 is 5.32 Å². The maximum Gasteiger partial charge on any atom is 0.239 e. The Hall–Kier alpha value is -2.11. The molecule has 0 saturated carbocycles. The molecule has 24 heavy (non-hydrogen) atoms. The summed E-state index contributed by atoms with van der Waals surface area (Å²) < 4.78 is 0. The second kappa shape index (κ2) is 7.64. The molecule has 1 aliphatic rings. The molecular weight excluding hydrogens is 342 g/mol. The predicted molar refractivity (Wildman–Crippen MR) is 101 cm³/mol. The van der Waals surface area contributed by atoms with E-state index in [4.69, 9.17) is 11.6 Å². The number of amidine groups is 1. The molecule has 122 valence electrons. The number of carbonyl (C=O) groups excluding carboxylic acids is 1. The van der Waals surface area contributed by atoms with Gasteiger partial charge in [0.15, 0.2) is 5.17 Å². The van der Waals surface area contributed by atoms with Crippen molar-refractivity contribution in [3.63, 3.8) is 0 Å². The number of thioether (sulfide) groups is 1.